The molecule has 0 unspecified atom stereocenters. The fraction of sp³-hybridized carbons (Fsp3) is 0.250. The summed E-state index contributed by atoms with van der Waals surface area (Å²) < 4.78 is 40.3. The van der Waals surface area contributed by atoms with Crippen LogP contribution < -0.4 is 10.1 Å². The first-order valence-electron chi connectivity index (χ1n) is 7.05. The van der Waals surface area contributed by atoms with Crippen molar-refractivity contribution in [3.05, 3.63) is 46.5 Å². The number of alkyl halides is 3. The van der Waals surface area contributed by atoms with Gasteiger partial charge in [-0.15, -0.1) is 13.2 Å². The monoisotopic (exact) mass is 356 g/mol. The number of nitrogens with one attached hydrogen (secondary N) is 1. The van der Waals surface area contributed by atoms with Crippen molar-refractivity contribution in [1.82, 2.24) is 0 Å². The number of halogens is 3. The molecule has 1 heterocycles. The average Bonchev–Trinajstić information content (AvgIpc) is 2.91. The van der Waals surface area contributed by atoms with Gasteiger partial charge in [-0.3, -0.25) is 9.79 Å². The maximum atomic E-state index is 12.1. The van der Waals surface area contributed by atoms with Crippen LogP contribution in [-0.2, 0) is 4.79 Å². The maximum absolute atomic E-state index is 12.1. The van der Waals surface area contributed by atoms with Gasteiger partial charge >= 0.3 is 6.36 Å². The normalized spacial score (nSPS) is 18.4. The van der Waals surface area contributed by atoms with E-state index < -0.39 is 6.36 Å². The van der Waals surface area contributed by atoms with Gasteiger partial charge in [-0.05, 0) is 44.2 Å². The minimum atomic E-state index is -4.71. The topological polar surface area (TPSA) is 50.7 Å². The highest BCUT2D eigenvalue weighted by atomic mass is 32.2. The molecule has 0 aromatic heterocycles. The van der Waals surface area contributed by atoms with Gasteiger partial charge < -0.3 is 10.1 Å². The van der Waals surface area contributed by atoms with Crippen LogP contribution >= 0.6 is 11.8 Å². The van der Waals surface area contributed by atoms with E-state index >= 15 is 0 Å². The highest BCUT2D eigenvalue weighted by Crippen LogP contribution is 2.33. The Kier molecular flexibility index (Phi) is 5.71. The molecule has 1 N–H and O–H groups in total. The largest absolute Gasteiger partial charge is 0.573 e. The first-order valence-corrected chi connectivity index (χ1v) is 7.87. The fourth-order valence-corrected chi connectivity index (χ4v) is 2.98. The molecule has 4 nitrogen and oxygen atoms in total. The summed E-state index contributed by atoms with van der Waals surface area (Å²) in [4.78, 5) is 15.9. The zero-order chi connectivity index (χ0) is 17.7. The average molecular weight is 356 g/mol. The van der Waals surface area contributed by atoms with Crippen molar-refractivity contribution in [3.63, 3.8) is 0 Å². The first-order chi connectivity index (χ1) is 11.3. The van der Waals surface area contributed by atoms with Gasteiger partial charge in [-0.25, -0.2) is 0 Å². The van der Waals surface area contributed by atoms with E-state index in [-0.39, 0.29) is 5.75 Å². The van der Waals surface area contributed by atoms with Gasteiger partial charge in [0, 0.05) is 23.5 Å². The van der Waals surface area contributed by atoms with Gasteiger partial charge in [0.25, 0.3) is 0 Å². The Morgan fingerprint density at radius 2 is 2.00 bits per heavy atom. The highest BCUT2D eigenvalue weighted by molar-refractivity contribution is 8.18. The molecular formula is C16H15F3N2O2S. The fourth-order valence-electron chi connectivity index (χ4n) is 2.01. The predicted octanol–water partition coefficient (Wildman–Crippen LogP) is 4.52. The second-order valence-corrected chi connectivity index (χ2v) is 5.84. The molecule has 1 aliphatic rings. The molecule has 0 saturated carbocycles. The Morgan fingerprint density at radius 1 is 1.33 bits per heavy atom. The van der Waals surface area contributed by atoms with Crippen molar-refractivity contribution >= 4 is 28.8 Å². The Balaban J connectivity index is 2.18. The van der Waals surface area contributed by atoms with E-state index in [0.717, 1.165) is 22.6 Å². The molecule has 24 heavy (non-hydrogen) atoms. The van der Waals surface area contributed by atoms with Crippen LogP contribution in [0.2, 0.25) is 0 Å². The van der Waals surface area contributed by atoms with Gasteiger partial charge in [-0.1, -0.05) is 11.8 Å². The number of rotatable bonds is 5. The summed E-state index contributed by atoms with van der Waals surface area (Å²) in [5, 5.41) is 3.83. The molecular weight excluding hydrogens is 341 g/mol. The van der Waals surface area contributed by atoms with Gasteiger partial charge in [0.2, 0.25) is 0 Å². The Morgan fingerprint density at radius 3 is 2.54 bits per heavy atom. The van der Waals surface area contributed by atoms with Crippen LogP contribution in [0.3, 0.4) is 0 Å². The molecule has 0 amide bonds. The number of carbonyl (C=O) groups excluding carboxylic acids is 1. The number of hydrogen-bond acceptors (Lipinski definition) is 5. The number of aliphatic imine (C=N–C) groups is 1. The third kappa shape index (κ3) is 4.89. The summed E-state index contributed by atoms with van der Waals surface area (Å²) in [5.41, 5.74) is 2.14. The molecule has 8 heteroatoms. The number of thioether (sulfide) groups is 1. The van der Waals surface area contributed by atoms with Crippen LogP contribution in [0.4, 0.5) is 18.9 Å². The predicted molar refractivity (Wildman–Crippen MR) is 89.2 cm³/mol. The van der Waals surface area contributed by atoms with Gasteiger partial charge in [0.05, 0.1) is 4.91 Å². The molecule has 1 aromatic rings. The van der Waals surface area contributed by atoms with Gasteiger partial charge in [0.15, 0.2) is 6.29 Å². The zero-order valence-electron chi connectivity index (χ0n) is 13.0. The van der Waals surface area contributed by atoms with E-state index in [2.05, 4.69) is 15.0 Å². The molecule has 1 aromatic carbocycles. The van der Waals surface area contributed by atoms with Crippen LogP contribution in [0, 0.1) is 0 Å². The van der Waals surface area contributed by atoms with E-state index in [1.54, 1.807) is 6.08 Å². The zero-order valence-corrected chi connectivity index (χ0v) is 13.8. The number of nitrogens with zero attached hydrogens (tertiary/aromatic N) is 1. The maximum Gasteiger partial charge on any atom is 0.573 e. The van der Waals surface area contributed by atoms with Crippen molar-refractivity contribution in [1.29, 1.82) is 0 Å². The quantitative estimate of drug-likeness (QED) is 0.788. The number of hydrogen-bond donors (Lipinski definition) is 1. The number of aldehydes is 1. The molecule has 128 valence electrons. The number of benzene rings is 1. The van der Waals surface area contributed by atoms with Crippen molar-refractivity contribution in [2.24, 2.45) is 4.99 Å². The summed E-state index contributed by atoms with van der Waals surface area (Å²) in [5.74, 6) is -0.286. The van der Waals surface area contributed by atoms with Crippen molar-refractivity contribution in [2.75, 3.05) is 11.9 Å². The van der Waals surface area contributed by atoms with Gasteiger partial charge in [0.1, 0.15) is 10.8 Å². The van der Waals surface area contributed by atoms with Crippen LogP contribution in [0.1, 0.15) is 13.8 Å². The Labute approximate surface area is 141 Å². The van der Waals surface area contributed by atoms with Crippen molar-refractivity contribution in [2.45, 2.75) is 20.2 Å². The third-order valence-corrected chi connectivity index (χ3v) is 3.97. The summed E-state index contributed by atoms with van der Waals surface area (Å²) >= 11 is 1.29. The lowest BCUT2D eigenvalue weighted by Gasteiger charge is -2.12. The number of carbonyl (C=O) groups is 1. The standard InChI is InChI=1S/C16H15F3N2O2S/c1-3-20-15-14(8-13(9-22)24-15)10(2)21-11-4-6-12(7-5-11)23-16(17,18)19/h4-9,21H,3H2,1-2H3/b14-10+,20-15+. The number of ether oxygens (including phenoxy) is 1. The van der Waals surface area contributed by atoms with E-state index in [1.165, 1.54) is 36.0 Å². The Bertz CT molecular complexity index is 707. The van der Waals surface area contributed by atoms with E-state index in [1.807, 2.05) is 13.8 Å². The van der Waals surface area contributed by atoms with Crippen LogP contribution in [0.15, 0.2) is 51.5 Å². The second kappa shape index (κ2) is 7.57. The number of allylic oxidation sites excluding steroid dienone is 3. The third-order valence-electron chi connectivity index (χ3n) is 2.97. The van der Waals surface area contributed by atoms with Crippen LogP contribution in [-0.4, -0.2) is 24.2 Å². The summed E-state index contributed by atoms with van der Waals surface area (Å²) in [6, 6.07) is 5.41. The minimum Gasteiger partial charge on any atom is -0.406 e. The molecule has 0 spiro atoms. The number of anilines is 1. The summed E-state index contributed by atoms with van der Waals surface area (Å²) in [6.07, 6.45) is -2.22. The molecule has 1 aliphatic heterocycles. The van der Waals surface area contributed by atoms with E-state index in [4.69, 9.17) is 0 Å². The smallest absolute Gasteiger partial charge is 0.406 e. The van der Waals surface area contributed by atoms with Crippen molar-refractivity contribution in [3.8, 4) is 5.75 Å². The summed E-state index contributed by atoms with van der Waals surface area (Å²) in [6.45, 7) is 4.29. The Hall–Kier alpha value is -2.22. The first kappa shape index (κ1) is 18.1. The molecule has 0 saturated heterocycles. The van der Waals surface area contributed by atoms with Crippen LogP contribution in [0.5, 0.6) is 5.75 Å². The van der Waals surface area contributed by atoms with Crippen LogP contribution in [0.25, 0.3) is 0 Å². The second-order valence-electron chi connectivity index (χ2n) is 4.78. The van der Waals surface area contributed by atoms with E-state index in [0.29, 0.717) is 17.1 Å². The lowest BCUT2D eigenvalue weighted by Crippen LogP contribution is -2.17. The molecule has 0 bridgehead atoms. The van der Waals surface area contributed by atoms with E-state index in [9.17, 15) is 18.0 Å². The molecule has 0 fully saturated rings. The minimum absolute atomic E-state index is 0.286. The van der Waals surface area contributed by atoms with Gasteiger partial charge in [-0.2, -0.15) is 0 Å². The lowest BCUT2D eigenvalue weighted by molar-refractivity contribution is -0.274. The molecule has 2 rings (SSSR count). The molecule has 0 radical (unpaired) electrons. The molecule has 0 atom stereocenters. The lowest BCUT2D eigenvalue weighted by atomic mass is 10.2. The highest BCUT2D eigenvalue weighted by Gasteiger charge is 2.31. The SMILES string of the molecule is CC/N=C1/SC(C=O)=C/C1=C(/C)Nc1ccc(OC(F)(F)F)cc1. The summed E-state index contributed by atoms with van der Waals surface area (Å²) in [7, 11) is 0. The molecule has 0 aliphatic carbocycles. The van der Waals surface area contributed by atoms with Crippen molar-refractivity contribution < 1.29 is 22.7 Å².